The van der Waals surface area contributed by atoms with Gasteiger partial charge in [-0.2, -0.15) is 0 Å². The second-order valence-electron chi connectivity index (χ2n) is 6.65. The number of esters is 1. The van der Waals surface area contributed by atoms with E-state index in [-0.39, 0.29) is 30.0 Å². The van der Waals surface area contributed by atoms with E-state index in [4.69, 9.17) is 4.74 Å². The fourth-order valence-electron chi connectivity index (χ4n) is 3.57. The number of hydrogen-bond acceptors (Lipinski definition) is 4. The number of aliphatic hydroxyl groups excluding tert-OH is 1. The van der Waals surface area contributed by atoms with Gasteiger partial charge in [0.2, 0.25) is 0 Å². The highest BCUT2D eigenvalue weighted by Crippen LogP contribution is 2.42. The Morgan fingerprint density at radius 2 is 2.18 bits per heavy atom. The molecule has 1 rings (SSSR count). The average Bonchev–Trinajstić information content (AvgIpc) is 2.81. The van der Waals surface area contributed by atoms with Crippen LogP contribution in [-0.2, 0) is 14.3 Å². The van der Waals surface area contributed by atoms with Crippen molar-refractivity contribution in [3.63, 3.8) is 0 Å². The molecule has 1 N–H and O–H groups in total. The lowest BCUT2D eigenvalue weighted by Crippen LogP contribution is -2.34. The van der Waals surface area contributed by atoms with E-state index in [1.807, 2.05) is 19.9 Å². The Morgan fingerprint density at radius 3 is 2.68 bits per heavy atom. The molecule has 0 aliphatic carbocycles. The summed E-state index contributed by atoms with van der Waals surface area (Å²) in [7, 11) is 1.35. The third kappa shape index (κ3) is 5.10. The number of aliphatic hydroxyl groups is 1. The fraction of sp³-hybridized carbons (Fsp3) is 0.833. The Hall–Kier alpha value is -0.870. The van der Waals surface area contributed by atoms with Crippen molar-refractivity contribution in [1.82, 2.24) is 0 Å². The number of ether oxygens (including phenoxy) is 2. The van der Waals surface area contributed by atoms with Gasteiger partial charge in [0.05, 0.1) is 31.3 Å². The van der Waals surface area contributed by atoms with Gasteiger partial charge in [0, 0.05) is 0 Å². The largest absolute Gasteiger partial charge is 0.469 e. The van der Waals surface area contributed by atoms with Crippen LogP contribution in [0.2, 0.25) is 0 Å². The standard InChI is InChI=1S/C18H32O4/c1-6-9-16-14(8-3)12-18(4,22-16)11-13(7-2)15(19)10-17(20)21-5/h6,9,13-16,19H,7-8,10-12H2,1-5H3. The zero-order chi connectivity index (χ0) is 16.8. The van der Waals surface area contributed by atoms with E-state index in [0.29, 0.717) is 5.92 Å². The molecule has 0 bridgehead atoms. The first-order valence-electron chi connectivity index (χ1n) is 8.44. The molecule has 1 aliphatic heterocycles. The van der Waals surface area contributed by atoms with Crippen molar-refractivity contribution < 1.29 is 19.4 Å². The number of rotatable bonds is 8. The lowest BCUT2D eigenvalue weighted by molar-refractivity contribution is -0.144. The van der Waals surface area contributed by atoms with Gasteiger partial charge in [-0.05, 0) is 38.5 Å². The van der Waals surface area contributed by atoms with Gasteiger partial charge in [0.25, 0.3) is 0 Å². The number of carbonyl (C=O) groups excluding carboxylic acids is 1. The number of hydrogen-bond donors (Lipinski definition) is 1. The van der Waals surface area contributed by atoms with Crippen LogP contribution < -0.4 is 0 Å². The smallest absolute Gasteiger partial charge is 0.308 e. The highest BCUT2D eigenvalue weighted by Gasteiger charge is 2.43. The quantitative estimate of drug-likeness (QED) is 0.551. The van der Waals surface area contributed by atoms with Gasteiger partial charge in [-0.3, -0.25) is 4.79 Å². The summed E-state index contributed by atoms with van der Waals surface area (Å²) in [6.45, 7) is 8.39. The molecule has 128 valence electrons. The summed E-state index contributed by atoms with van der Waals surface area (Å²) in [5, 5.41) is 10.3. The third-order valence-electron chi connectivity index (χ3n) is 4.85. The van der Waals surface area contributed by atoms with Crippen molar-refractivity contribution in [2.45, 2.75) is 77.6 Å². The van der Waals surface area contributed by atoms with E-state index in [2.05, 4.69) is 24.7 Å². The topological polar surface area (TPSA) is 55.8 Å². The van der Waals surface area contributed by atoms with Crippen LogP contribution in [0.1, 0.15) is 59.8 Å². The zero-order valence-electron chi connectivity index (χ0n) is 14.7. The summed E-state index contributed by atoms with van der Waals surface area (Å²) in [4.78, 5) is 11.4. The van der Waals surface area contributed by atoms with Gasteiger partial charge in [-0.25, -0.2) is 0 Å². The molecule has 5 unspecified atom stereocenters. The third-order valence-corrected chi connectivity index (χ3v) is 4.85. The van der Waals surface area contributed by atoms with Crippen LogP contribution in [0.4, 0.5) is 0 Å². The SMILES string of the molecule is CC=CC1OC(C)(CC(CC)C(O)CC(=O)OC)CC1CC. The maximum absolute atomic E-state index is 11.4. The Balaban J connectivity index is 2.71. The lowest BCUT2D eigenvalue weighted by Gasteiger charge is -2.31. The maximum atomic E-state index is 11.4. The van der Waals surface area contributed by atoms with Gasteiger partial charge in [0.15, 0.2) is 0 Å². The van der Waals surface area contributed by atoms with Gasteiger partial charge < -0.3 is 14.6 Å². The first kappa shape index (κ1) is 19.2. The van der Waals surface area contributed by atoms with Gasteiger partial charge in [0.1, 0.15) is 0 Å². The second-order valence-corrected chi connectivity index (χ2v) is 6.65. The van der Waals surface area contributed by atoms with E-state index in [9.17, 15) is 9.90 Å². The Bertz CT molecular complexity index is 379. The molecule has 0 amide bonds. The zero-order valence-corrected chi connectivity index (χ0v) is 14.7. The van der Waals surface area contributed by atoms with Crippen LogP contribution in [0.15, 0.2) is 12.2 Å². The highest BCUT2D eigenvalue weighted by molar-refractivity contribution is 5.69. The first-order valence-corrected chi connectivity index (χ1v) is 8.44. The summed E-state index contributed by atoms with van der Waals surface area (Å²) in [5.74, 6) is 0.212. The summed E-state index contributed by atoms with van der Waals surface area (Å²) < 4.78 is 10.9. The number of carbonyl (C=O) groups is 1. The molecule has 0 aromatic heterocycles. The molecule has 22 heavy (non-hydrogen) atoms. The highest BCUT2D eigenvalue weighted by atomic mass is 16.5. The lowest BCUT2D eigenvalue weighted by atomic mass is 9.81. The second kappa shape index (κ2) is 8.68. The minimum absolute atomic E-state index is 0.0472. The molecule has 1 fully saturated rings. The predicted octanol–water partition coefficient (Wildman–Crippen LogP) is 3.48. The molecule has 0 aromatic rings. The van der Waals surface area contributed by atoms with E-state index >= 15 is 0 Å². The Labute approximate surface area is 134 Å². The molecule has 1 aliphatic rings. The Kier molecular flexibility index (Phi) is 7.57. The Morgan fingerprint density at radius 1 is 1.50 bits per heavy atom. The average molecular weight is 312 g/mol. The van der Waals surface area contributed by atoms with Crippen molar-refractivity contribution in [3.05, 3.63) is 12.2 Å². The normalized spacial score (nSPS) is 31.4. The monoisotopic (exact) mass is 312 g/mol. The van der Waals surface area contributed by atoms with Crippen molar-refractivity contribution >= 4 is 5.97 Å². The molecule has 0 radical (unpaired) electrons. The van der Waals surface area contributed by atoms with Crippen LogP contribution in [0.3, 0.4) is 0 Å². The molecule has 1 saturated heterocycles. The van der Waals surface area contributed by atoms with Gasteiger partial charge in [-0.15, -0.1) is 0 Å². The van der Waals surface area contributed by atoms with Gasteiger partial charge in [-0.1, -0.05) is 38.8 Å². The maximum Gasteiger partial charge on any atom is 0.308 e. The van der Waals surface area contributed by atoms with Crippen LogP contribution in [0, 0.1) is 11.8 Å². The van der Waals surface area contributed by atoms with Crippen molar-refractivity contribution in [3.8, 4) is 0 Å². The molecule has 4 nitrogen and oxygen atoms in total. The predicted molar refractivity (Wildman–Crippen MR) is 87.5 cm³/mol. The molecule has 0 spiro atoms. The van der Waals surface area contributed by atoms with E-state index in [1.54, 1.807) is 0 Å². The molecule has 1 heterocycles. The molecular weight excluding hydrogens is 280 g/mol. The molecule has 0 saturated carbocycles. The minimum atomic E-state index is -0.668. The van der Waals surface area contributed by atoms with Crippen molar-refractivity contribution in [1.29, 1.82) is 0 Å². The minimum Gasteiger partial charge on any atom is -0.469 e. The summed E-state index contributed by atoms with van der Waals surface area (Å²) in [6.07, 6.45) is 7.41. The van der Waals surface area contributed by atoms with Crippen LogP contribution in [-0.4, -0.2) is 36.0 Å². The van der Waals surface area contributed by atoms with Gasteiger partial charge >= 0.3 is 5.97 Å². The molecule has 4 heteroatoms. The summed E-state index contributed by atoms with van der Waals surface area (Å²) in [5.41, 5.74) is -0.234. The van der Waals surface area contributed by atoms with E-state index < -0.39 is 6.10 Å². The first-order chi connectivity index (χ1) is 10.4. The summed E-state index contributed by atoms with van der Waals surface area (Å²) >= 11 is 0. The van der Waals surface area contributed by atoms with Crippen LogP contribution in [0.5, 0.6) is 0 Å². The van der Waals surface area contributed by atoms with Crippen LogP contribution >= 0.6 is 0 Å². The fourth-order valence-corrected chi connectivity index (χ4v) is 3.57. The van der Waals surface area contributed by atoms with Crippen molar-refractivity contribution in [2.75, 3.05) is 7.11 Å². The van der Waals surface area contributed by atoms with E-state index in [0.717, 1.165) is 25.7 Å². The van der Waals surface area contributed by atoms with Crippen LogP contribution in [0.25, 0.3) is 0 Å². The number of allylic oxidation sites excluding steroid dienone is 1. The molecule has 0 aromatic carbocycles. The molecular formula is C18H32O4. The van der Waals surface area contributed by atoms with E-state index in [1.165, 1.54) is 7.11 Å². The number of methoxy groups -OCH3 is 1. The summed E-state index contributed by atoms with van der Waals surface area (Å²) in [6, 6.07) is 0. The van der Waals surface area contributed by atoms with Crippen molar-refractivity contribution in [2.24, 2.45) is 11.8 Å². The molecule has 5 atom stereocenters.